The molecule has 45 heavy (non-hydrogen) atoms. The molecule has 0 atom stereocenters. The van der Waals surface area contributed by atoms with E-state index in [4.69, 9.17) is 4.98 Å². The predicted molar refractivity (Wildman–Crippen MR) is 176 cm³/mol. The van der Waals surface area contributed by atoms with Gasteiger partial charge in [0.25, 0.3) is 11.8 Å². The maximum atomic E-state index is 13.4. The topological polar surface area (TPSA) is 99.5 Å². The van der Waals surface area contributed by atoms with Gasteiger partial charge in [0.15, 0.2) is 0 Å². The van der Waals surface area contributed by atoms with E-state index in [9.17, 15) is 9.59 Å². The number of carbonyl (C=O) groups excluding carboxylic acids is 2. The molecule has 3 fully saturated rings. The van der Waals surface area contributed by atoms with E-state index in [1.54, 1.807) is 31.4 Å². The highest BCUT2D eigenvalue weighted by atomic mass is 16.2. The number of carbonyl (C=O) groups is 2. The molecular weight excluding hydrogens is 564 g/mol. The Bertz CT molecular complexity index is 1660. The molecule has 0 radical (unpaired) electrons. The monoisotopic (exact) mass is 606 g/mol. The number of hydrogen-bond donors (Lipinski definition) is 1. The third kappa shape index (κ3) is 5.85. The van der Waals surface area contributed by atoms with Crippen LogP contribution in [0.5, 0.6) is 0 Å². The first-order chi connectivity index (χ1) is 21.9. The zero-order chi connectivity index (χ0) is 31.0. The molecule has 3 aliphatic rings. The molecule has 1 spiro atoms. The Hall–Kier alpha value is -4.47. The molecule has 2 amide bonds. The summed E-state index contributed by atoms with van der Waals surface area (Å²) in [5.41, 5.74) is 3.64. The zero-order valence-electron chi connectivity index (χ0n) is 26.3. The van der Waals surface area contributed by atoms with E-state index in [0.717, 1.165) is 75.7 Å². The second kappa shape index (κ2) is 12.1. The lowest BCUT2D eigenvalue weighted by atomic mass is 9.71. The molecule has 10 heteroatoms. The van der Waals surface area contributed by atoms with Gasteiger partial charge in [-0.25, -0.2) is 9.97 Å². The minimum atomic E-state index is -0.0337. The summed E-state index contributed by atoms with van der Waals surface area (Å²) in [4.78, 5) is 46.3. The number of likely N-dealkylation sites (tertiary alicyclic amines) is 1. The fourth-order valence-corrected chi connectivity index (χ4v) is 7.45. The number of aromatic nitrogens is 4. The van der Waals surface area contributed by atoms with Crippen molar-refractivity contribution < 1.29 is 9.59 Å². The van der Waals surface area contributed by atoms with E-state index < -0.39 is 0 Å². The number of nitrogens with one attached hydrogen (secondary N) is 1. The van der Waals surface area contributed by atoms with Crippen LogP contribution >= 0.6 is 0 Å². The number of amides is 2. The fraction of sp³-hybridized carbons (Fsp3) is 0.457. The van der Waals surface area contributed by atoms with Crippen molar-refractivity contribution in [3.05, 3.63) is 72.2 Å². The molecule has 234 valence electrons. The average Bonchev–Trinajstić information content (AvgIpc) is 3.74. The molecule has 7 rings (SSSR count). The van der Waals surface area contributed by atoms with Gasteiger partial charge in [0.2, 0.25) is 5.95 Å². The van der Waals surface area contributed by atoms with E-state index in [1.807, 2.05) is 23.1 Å². The summed E-state index contributed by atoms with van der Waals surface area (Å²) in [7, 11) is 3.55. The number of anilines is 3. The third-order valence-corrected chi connectivity index (χ3v) is 10.2. The first-order valence-electron chi connectivity index (χ1n) is 16.3. The quantitative estimate of drug-likeness (QED) is 0.291. The van der Waals surface area contributed by atoms with Gasteiger partial charge < -0.3 is 24.6 Å². The Morgan fingerprint density at radius 3 is 2.27 bits per heavy atom. The highest BCUT2D eigenvalue weighted by Gasteiger charge is 2.38. The molecule has 4 aromatic rings. The minimum Gasteiger partial charge on any atom is -0.371 e. The molecule has 1 saturated carbocycles. The molecule has 3 aromatic heterocycles. The van der Waals surface area contributed by atoms with Crippen molar-refractivity contribution in [1.29, 1.82) is 0 Å². The van der Waals surface area contributed by atoms with Crippen molar-refractivity contribution in [2.75, 3.05) is 50.5 Å². The summed E-state index contributed by atoms with van der Waals surface area (Å²) in [6, 6.07) is 16.5. The van der Waals surface area contributed by atoms with Gasteiger partial charge in [0, 0.05) is 69.8 Å². The van der Waals surface area contributed by atoms with Gasteiger partial charge >= 0.3 is 0 Å². The van der Waals surface area contributed by atoms with Crippen molar-refractivity contribution in [3.8, 4) is 0 Å². The molecule has 2 saturated heterocycles. The van der Waals surface area contributed by atoms with Gasteiger partial charge in [0.1, 0.15) is 17.2 Å². The molecule has 0 bridgehead atoms. The lowest BCUT2D eigenvalue weighted by molar-refractivity contribution is 0.0514. The van der Waals surface area contributed by atoms with Crippen LogP contribution in [0, 0.1) is 5.41 Å². The van der Waals surface area contributed by atoms with Gasteiger partial charge in [-0.15, -0.1) is 0 Å². The van der Waals surface area contributed by atoms with Crippen molar-refractivity contribution in [2.45, 2.75) is 57.4 Å². The largest absolute Gasteiger partial charge is 0.371 e. The van der Waals surface area contributed by atoms with Crippen LogP contribution in [-0.2, 0) is 0 Å². The standard InChI is InChI=1S/C35H42N8O2/c1-40(2)33(45)29-22-26-24-37-34(39-31(26)43(29)28-10-6-7-11-28)38-30-13-12-25(23-36-30)32(44)42-20-16-35(17-21-42)14-18-41(19-15-35)27-8-4-3-5-9-27/h3-5,8-9,12-13,22-24,28H,6-7,10-11,14-21H2,1-2H3,(H,36,37,38,39). The third-order valence-electron chi connectivity index (χ3n) is 10.2. The zero-order valence-corrected chi connectivity index (χ0v) is 26.3. The lowest BCUT2D eigenvalue weighted by Gasteiger charge is -2.47. The molecule has 0 unspecified atom stereocenters. The van der Waals surface area contributed by atoms with E-state index in [0.29, 0.717) is 28.4 Å². The molecule has 10 nitrogen and oxygen atoms in total. The Kier molecular flexibility index (Phi) is 7.89. The molecule has 5 heterocycles. The van der Waals surface area contributed by atoms with E-state index in [-0.39, 0.29) is 17.9 Å². The summed E-state index contributed by atoms with van der Waals surface area (Å²) in [6.45, 7) is 3.73. The Labute approximate surface area is 264 Å². The van der Waals surface area contributed by atoms with Crippen LogP contribution in [0.15, 0.2) is 60.9 Å². The summed E-state index contributed by atoms with van der Waals surface area (Å²) < 4.78 is 2.10. The summed E-state index contributed by atoms with van der Waals surface area (Å²) >= 11 is 0. The smallest absolute Gasteiger partial charge is 0.270 e. The van der Waals surface area contributed by atoms with Crippen LogP contribution in [0.4, 0.5) is 17.5 Å². The number of fused-ring (bicyclic) bond motifs is 1. The number of para-hydroxylation sites is 1. The average molecular weight is 607 g/mol. The Morgan fingerprint density at radius 1 is 0.889 bits per heavy atom. The van der Waals surface area contributed by atoms with Crippen molar-refractivity contribution >= 4 is 40.3 Å². The molecule has 1 aromatic carbocycles. The second-order valence-electron chi connectivity index (χ2n) is 13.2. The van der Waals surface area contributed by atoms with Crippen LogP contribution in [0.2, 0.25) is 0 Å². The number of benzene rings is 1. The molecule has 1 aliphatic carbocycles. The number of hydrogen-bond acceptors (Lipinski definition) is 7. The van der Waals surface area contributed by atoms with Gasteiger partial charge in [0.05, 0.1) is 5.56 Å². The van der Waals surface area contributed by atoms with Crippen LogP contribution in [0.25, 0.3) is 11.0 Å². The van der Waals surface area contributed by atoms with Crippen LogP contribution in [-0.4, -0.2) is 81.4 Å². The molecule has 2 aliphatic heterocycles. The number of piperidine rings is 2. The maximum Gasteiger partial charge on any atom is 0.270 e. The van der Waals surface area contributed by atoms with E-state index >= 15 is 0 Å². The van der Waals surface area contributed by atoms with Gasteiger partial charge in [-0.3, -0.25) is 9.59 Å². The number of nitrogens with zero attached hydrogens (tertiary/aromatic N) is 7. The second-order valence-corrected chi connectivity index (χ2v) is 13.2. The van der Waals surface area contributed by atoms with Gasteiger partial charge in [-0.2, -0.15) is 4.98 Å². The van der Waals surface area contributed by atoms with Crippen molar-refractivity contribution in [2.24, 2.45) is 5.41 Å². The highest BCUT2D eigenvalue weighted by Crippen LogP contribution is 2.42. The number of pyridine rings is 1. The fourth-order valence-electron chi connectivity index (χ4n) is 7.45. The maximum absolute atomic E-state index is 13.4. The van der Waals surface area contributed by atoms with E-state index in [2.05, 4.69) is 55.1 Å². The summed E-state index contributed by atoms with van der Waals surface area (Å²) in [6.07, 6.45) is 12.2. The molecular formula is C35H42N8O2. The number of rotatable bonds is 6. The first kappa shape index (κ1) is 29.3. The normalized spacial score (nSPS) is 18.4. The summed E-state index contributed by atoms with van der Waals surface area (Å²) in [5.74, 6) is 0.983. The highest BCUT2D eigenvalue weighted by molar-refractivity contribution is 5.98. The van der Waals surface area contributed by atoms with Crippen LogP contribution < -0.4 is 10.2 Å². The van der Waals surface area contributed by atoms with Crippen LogP contribution in [0.1, 0.15) is 78.3 Å². The Balaban J connectivity index is 0.992. The van der Waals surface area contributed by atoms with Crippen molar-refractivity contribution in [1.82, 2.24) is 29.3 Å². The van der Waals surface area contributed by atoms with Gasteiger partial charge in [-0.05, 0) is 74.3 Å². The van der Waals surface area contributed by atoms with Crippen LogP contribution in [0.3, 0.4) is 0 Å². The minimum absolute atomic E-state index is 0.0337. The first-order valence-corrected chi connectivity index (χ1v) is 16.3. The molecule has 1 N–H and O–H groups in total. The lowest BCUT2D eigenvalue weighted by Crippen LogP contribution is -2.48. The SMILES string of the molecule is CN(C)C(=O)c1cc2cnc(Nc3ccc(C(=O)N4CCC5(CC4)CCN(c4ccccc4)CC5)cn3)nc2n1C1CCCC1. The van der Waals surface area contributed by atoms with Crippen molar-refractivity contribution in [3.63, 3.8) is 0 Å². The van der Waals surface area contributed by atoms with E-state index in [1.165, 1.54) is 18.5 Å². The Morgan fingerprint density at radius 2 is 1.60 bits per heavy atom. The summed E-state index contributed by atoms with van der Waals surface area (Å²) in [5, 5.41) is 4.05. The predicted octanol–water partition coefficient (Wildman–Crippen LogP) is 5.91. The van der Waals surface area contributed by atoms with Gasteiger partial charge in [-0.1, -0.05) is 31.0 Å².